The Balaban J connectivity index is 3.33. The molecular weight excluding hydrogens is 911 g/mol. The van der Waals surface area contributed by atoms with E-state index in [0.717, 1.165) is 51.4 Å². The highest BCUT2D eigenvalue weighted by atomic mass is 16.5. The fraction of sp³-hybridized carbons (Fsp3) is 0.882. The van der Waals surface area contributed by atoms with Crippen LogP contribution in [0, 0.1) is 0 Å². The third kappa shape index (κ3) is 59.3. The van der Waals surface area contributed by atoms with Crippen LogP contribution in [0.4, 0.5) is 0 Å². The highest BCUT2D eigenvalue weighted by Gasteiger charge is 2.18. The number of amides is 1. The summed E-state index contributed by atoms with van der Waals surface area (Å²) in [7, 11) is 0. The minimum atomic E-state index is -0.840. The van der Waals surface area contributed by atoms with Crippen LogP contribution in [0.3, 0.4) is 0 Å². The number of unbranched alkanes of at least 4 members (excludes halogenated alkanes) is 47. The zero-order chi connectivity index (χ0) is 53.6. The molecule has 2 atom stereocenters. The van der Waals surface area contributed by atoms with Crippen molar-refractivity contribution in [3.8, 4) is 0 Å². The van der Waals surface area contributed by atoms with Gasteiger partial charge in [0, 0.05) is 12.8 Å². The minimum absolute atomic E-state index is 0.00572. The van der Waals surface area contributed by atoms with Crippen molar-refractivity contribution in [3.05, 3.63) is 36.5 Å². The first-order valence-electron chi connectivity index (χ1n) is 33.3. The number of rotatable bonds is 62. The summed E-state index contributed by atoms with van der Waals surface area (Å²) in [5, 5.41) is 23.1. The molecule has 0 bridgehead atoms. The maximum absolute atomic E-state index is 12.4. The van der Waals surface area contributed by atoms with Crippen LogP contribution >= 0.6 is 0 Å². The third-order valence-corrected chi connectivity index (χ3v) is 15.4. The third-order valence-electron chi connectivity index (χ3n) is 15.4. The molecule has 6 nitrogen and oxygen atoms in total. The molecule has 0 rings (SSSR count). The van der Waals surface area contributed by atoms with Crippen LogP contribution in [0.25, 0.3) is 0 Å². The summed E-state index contributed by atoms with van der Waals surface area (Å²) >= 11 is 0. The number of nitrogens with one attached hydrogen (secondary N) is 1. The standard InChI is InChI=1S/C68H129NO5/c1-3-5-7-9-11-13-15-17-38-42-46-50-54-58-62-68(73)74-63-59-55-51-47-43-39-36-34-32-30-28-26-24-22-20-18-19-21-23-25-27-29-31-33-35-37-41-45-49-53-57-61-67(72)69-65(64-70)66(71)60-56-52-48-44-40-16-14-12-10-8-6-4-2/h9,11,15,17,56,60,65-66,70-71H,3-8,10,12-14,16,18-55,57-59,61-64H2,1-2H3,(H,69,72)/b11-9-,17-15-,60-56+. The number of hydrogen-bond donors (Lipinski definition) is 3. The van der Waals surface area contributed by atoms with Gasteiger partial charge in [-0.15, -0.1) is 0 Å². The van der Waals surface area contributed by atoms with E-state index in [4.69, 9.17) is 4.74 Å². The zero-order valence-electron chi connectivity index (χ0n) is 49.8. The van der Waals surface area contributed by atoms with E-state index < -0.39 is 12.1 Å². The lowest BCUT2D eigenvalue weighted by Gasteiger charge is -2.20. The lowest BCUT2D eigenvalue weighted by Crippen LogP contribution is -2.45. The predicted octanol–water partition coefficient (Wildman–Crippen LogP) is 21.1. The first-order valence-corrected chi connectivity index (χ1v) is 33.3. The van der Waals surface area contributed by atoms with Gasteiger partial charge in [-0.25, -0.2) is 0 Å². The largest absolute Gasteiger partial charge is 0.466 e. The number of esters is 1. The number of aliphatic hydroxyl groups is 2. The van der Waals surface area contributed by atoms with Crippen molar-refractivity contribution in [2.45, 2.75) is 373 Å². The highest BCUT2D eigenvalue weighted by molar-refractivity contribution is 5.76. The molecule has 74 heavy (non-hydrogen) atoms. The molecule has 1 amide bonds. The normalized spacial score (nSPS) is 12.8. The molecule has 0 aliphatic heterocycles. The number of hydrogen-bond acceptors (Lipinski definition) is 5. The lowest BCUT2D eigenvalue weighted by atomic mass is 10.0. The predicted molar refractivity (Wildman–Crippen MR) is 324 cm³/mol. The smallest absolute Gasteiger partial charge is 0.305 e. The molecule has 0 aromatic rings. The van der Waals surface area contributed by atoms with E-state index in [-0.39, 0.29) is 18.5 Å². The first kappa shape index (κ1) is 72.1. The van der Waals surface area contributed by atoms with Crippen LogP contribution in [0.5, 0.6) is 0 Å². The number of carbonyl (C=O) groups is 2. The molecule has 436 valence electrons. The molecule has 0 heterocycles. The van der Waals surface area contributed by atoms with Crippen LogP contribution in [0.1, 0.15) is 361 Å². The van der Waals surface area contributed by atoms with Gasteiger partial charge in [-0.2, -0.15) is 0 Å². The van der Waals surface area contributed by atoms with Crippen LogP contribution in [0.15, 0.2) is 36.5 Å². The van der Waals surface area contributed by atoms with Crippen molar-refractivity contribution in [1.29, 1.82) is 0 Å². The molecule has 0 spiro atoms. The van der Waals surface area contributed by atoms with Crippen LogP contribution < -0.4 is 5.32 Å². The van der Waals surface area contributed by atoms with E-state index in [0.29, 0.717) is 19.4 Å². The number of aliphatic hydroxyl groups excluding tert-OH is 2. The van der Waals surface area contributed by atoms with Gasteiger partial charge in [0.05, 0.1) is 25.4 Å². The molecule has 2 unspecified atom stereocenters. The van der Waals surface area contributed by atoms with Crippen molar-refractivity contribution in [3.63, 3.8) is 0 Å². The van der Waals surface area contributed by atoms with Gasteiger partial charge in [0.1, 0.15) is 0 Å². The van der Waals surface area contributed by atoms with E-state index >= 15 is 0 Å². The molecular formula is C68H129NO5. The molecule has 0 aromatic carbocycles. The molecule has 0 aliphatic carbocycles. The van der Waals surface area contributed by atoms with Gasteiger partial charge in [-0.05, 0) is 57.8 Å². The maximum atomic E-state index is 12.4. The summed E-state index contributed by atoms with van der Waals surface area (Å²) in [4.78, 5) is 24.5. The fourth-order valence-corrected chi connectivity index (χ4v) is 10.3. The first-order chi connectivity index (χ1) is 36.5. The number of carbonyl (C=O) groups excluding carboxylic acids is 2. The molecule has 0 saturated carbocycles. The second-order valence-corrected chi connectivity index (χ2v) is 22.8. The van der Waals surface area contributed by atoms with Gasteiger partial charge in [-0.1, -0.05) is 326 Å². The van der Waals surface area contributed by atoms with Gasteiger partial charge in [0.15, 0.2) is 0 Å². The van der Waals surface area contributed by atoms with Crippen molar-refractivity contribution in [2.75, 3.05) is 13.2 Å². The Bertz CT molecular complexity index is 1200. The van der Waals surface area contributed by atoms with Gasteiger partial charge < -0.3 is 20.3 Å². The molecule has 0 saturated heterocycles. The number of allylic oxidation sites excluding steroid dienone is 5. The van der Waals surface area contributed by atoms with E-state index in [9.17, 15) is 19.8 Å². The van der Waals surface area contributed by atoms with Gasteiger partial charge in [0.25, 0.3) is 0 Å². The SMILES string of the molecule is CCCC/C=C\C/C=C\CCCCCCCC(=O)OCCCCCCCCCCCCCCCCCCCCCCCCCCCCCCCCCC(=O)NC(CO)C(O)/C=C/CCCCCCCCCCCC. The monoisotopic (exact) mass is 1040 g/mol. The highest BCUT2D eigenvalue weighted by Crippen LogP contribution is 2.18. The van der Waals surface area contributed by atoms with Gasteiger partial charge in [0.2, 0.25) is 5.91 Å². The average Bonchev–Trinajstić information content (AvgIpc) is 3.40. The topological polar surface area (TPSA) is 95.9 Å². The Morgan fingerprint density at radius 3 is 1.07 bits per heavy atom. The minimum Gasteiger partial charge on any atom is -0.466 e. The molecule has 0 fully saturated rings. The van der Waals surface area contributed by atoms with E-state index in [1.165, 1.54) is 283 Å². The van der Waals surface area contributed by atoms with Crippen molar-refractivity contribution >= 4 is 11.9 Å². The van der Waals surface area contributed by atoms with E-state index in [1.807, 2.05) is 6.08 Å². The van der Waals surface area contributed by atoms with Crippen molar-refractivity contribution in [1.82, 2.24) is 5.32 Å². The summed E-state index contributed by atoms with van der Waals surface area (Å²) in [5.74, 6) is -0.0577. The van der Waals surface area contributed by atoms with Gasteiger partial charge >= 0.3 is 5.97 Å². The van der Waals surface area contributed by atoms with Crippen LogP contribution in [0.2, 0.25) is 0 Å². The van der Waals surface area contributed by atoms with Crippen LogP contribution in [-0.4, -0.2) is 47.4 Å². The molecule has 0 aromatic heterocycles. The second kappa shape index (κ2) is 63.6. The summed E-state index contributed by atoms with van der Waals surface area (Å²) in [6, 6.07) is -0.623. The Morgan fingerprint density at radius 2 is 0.689 bits per heavy atom. The van der Waals surface area contributed by atoms with E-state index in [2.05, 4.69) is 43.5 Å². The maximum Gasteiger partial charge on any atom is 0.305 e. The van der Waals surface area contributed by atoms with Crippen LogP contribution in [-0.2, 0) is 14.3 Å². The summed E-state index contributed by atoms with van der Waals surface area (Å²) in [6.45, 7) is 4.87. The summed E-state index contributed by atoms with van der Waals surface area (Å²) < 4.78 is 5.48. The van der Waals surface area contributed by atoms with Gasteiger partial charge in [-0.3, -0.25) is 9.59 Å². The lowest BCUT2D eigenvalue weighted by molar-refractivity contribution is -0.143. The quantitative estimate of drug-likeness (QED) is 0.0320. The Morgan fingerprint density at radius 1 is 0.378 bits per heavy atom. The number of ether oxygens (including phenoxy) is 1. The van der Waals surface area contributed by atoms with Crippen molar-refractivity contribution < 1.29 is 24.5 Å². The van der Waals surface area contributed by atoms with Crippen molar-refractivity contribution in [2.24, 2.45) is 0 Å². The molecule has 3 N–H and O–H groups in total. The molecule has 0 aliphatic rings. The fourth-order valence-electron chi connectivity index (χ4n) is 10.3. The zero-order valence-corrected chi connectivity index (χ0v) is 49.8. The Kier molecular flexibility index (Phi) is 62.0. The average molecular weight is 1040 g/mol. The molecule has 0 radical (unpaired) electrons. The Labute approximate surface area is 462 Å². The second-order valence-electron chi connectivity index (χ2n) is 22.8. The summed E-state index contributed by atoms with van der Waals surface area (Å²) in [6.07, 6.45) is 80.8. The Hall–Kier alpha value is -1.92. The van der Waals surface area contributed by atoms with E-state index in [1.54, 1.807) is 6.08 Å². The molecule has 6 heteroatoms. The summed E-state index contributed by atoms with van der Waals surface area (Å²) in [5.41, 5.74) is 0.